The van der Waals surface area contributed by atoms with Crippen molar-refractivity contribution < 1.29 is 4.39 Å². The van der Waals surface area contributed by atoms with Crippen LogP contribution in [0.25, 0.3) is 16.5 Å². The zero-order valence-corrected chi connectivity index (χ0v) is 24.5. The van der Waals surface area contributed by atoms with Crippen LogP contribution in [0.5, 0.6) is 0 Å². The van der Waals surface area contributed by atoms with Crippen LogP contribution in [-0.4, -0.2) is 35.1 Å². The number of anilines is 1. The van der Waals surface area contributed by atoms with E-state index in [1.807, 2.05) is 39.1 Å². The monoisotopic (exact) mass is 541 g/mol. The second-order valence-corrected chi connectivity index (χ2v) is 8.64. The normalized spacial score (nSPS) is 12.2. The maximum absolute atomic E-state index is 10.6. The van der Waals surface area contributed by atoms with E-state index in [-0.39, 0.29) is 13.5 Å². The number of hydrogen-bond donors (Lipinski definition) is 2. The molecule has 0 bridgehead atoms. The van der Waals surface area contributed by atoms with Gasteiger partial charge in [0.1, 0.15) is 12.5 Å². The average molecular weight is 542 g/mol. The van der Waals surface area contributed by atoms with Crippen molar-refractivity contribution in [1.82, 2.24) is 19.1 Å². The first-order valence-electron chi connectivity index (χ1n) is 12.1. The van der Waals surface area contributed by atoms with Gasteiger partial charge in [-0.2, -0.15) is 18.3 Å². The summed E-state index contributed by atoms with van der Waals surface area (Å²) in [5, 5.41) is 7.97. The van der Waals surface area contributed by atoms with Gasteiger partial charge in [-0.1, -0.05) is 68.5 Å². The molecule has 1 aromatic heterocycles. The third-order valence-corrected chi connectivity index (χ3v) is 6.18. The molecular weight excluding hydrogens is 501 g/mol. The fourth-order valence-electron chi connectivity index (χ4n) is 3.41. The van der Waals surface area contributed by atoms with Crippen molar-refractivity contribution in [3.63, 3.8) is 0 Å². The van der Waals surface area contributed by atoms with Crippen molar-refractivity contribution in [2.45, 2.75) is 34.2 Å². The number of hydrazine groups is 1. The number of fused-ring (bicyclic) bond motifs is 1. The Morgan fingerprint density at radius 1 is 1.14 bits per heavy atom. The number of aromatic nitrogens is 1. The summed E-state index contributed by atoms with van der Waals surface area (Å²) < 4.78 is 12.8. The summed E-state index contributed by atoms with van der Waals surface area (Å²) >= 11 is 1.58. The van der Waals surface area contributed by atoms with Gasteiger partial charge in [-0.05, 0) is 47.9 Å². The van der Waals surface area contributed by atoms with E-state index in [4.69, 9.17) is 0 Å². The molecule has 0 spiro atoms. The Hall–Kier alpha value is -2.78. The van der Waals surface area contributed by atoms with E-state index < -0.39 is 6.67 Å². The summed E-state index contributed by atoms with van der Waals surface area (Å²) in [5.74, 6) is 0.878. The molecule has 0 aliphatic carbocycles. The summed E-state index contributed by atoms with van der Waals surface area (Å²) in [6.07, 6.45) is 5.23. The zero-order chi connectivity index (χ0) is 26.5. The van der Waals surface area contributed by atoms with Crippen molar-refractivity contribution in [2.75, 3.05) is 26.1 Å². The molecule has 5 nitrogen and oxygen atoms in total. The molecule has 200 valence electrons. The Labute approximate surface area is 233 Å². The Morgan fingerprint density at radius 2 is 1.81 bits per heavy atom. The Kier molecular flexibility index (Phi) is 14.7. The van der Waals surface area contributed by atoms with E-state index in [1.165, 1.54) is 39.4 Å². The quantitative estimate of drug-likeness (QED) is 0.164. The van der Waals surface area contributed by atoms with Crippen LogP contribution >= 0.6 is 25.6 Å². The predicted molar refractivity (Wildman–Crippen MR) is 166 cm³/mol. The zero-order valence-electron chi connectivity index (χ0n) is 22.7. The van der Waals surface area contributed by atoms with Crippen LogP contribution in [-0.2, 0) is 6.54 Å². The summed E-state index contributed by atoms with van der Waals surface area (Å²) in [6.45, 7) is 11.6. The molecule has 2 aromatic carbocycles. The lowest BCUT2D eigenvalue weighted by Gasteiger charge is -2.13. The third kappa shape index (κ3) is 9.23. The van der Waals surface area contributed by atoms with Crippen molar-refractivity contribution in [1.29, 1.82) is 0 Å². The second kappa shape index (κ2) is 16.9. The first-order valence-corrected chi connectivity index (χ1v) is 12.9. The lowest BCUT2D eigenvalue weighted by molar-refractivity contribution is 0.382. The minimum atomic E-state index is -0.417. The molecule has 2 heterocycles. The van der Waals surface area contributed by atoms with Crippen LogP contribution in [0.1, 0.15) is 38.8 Å². The molecule has 0 fully saturated rings. The molecule has 0 radical (unpaired) electrons. The molecule has 0 atom stereocenters. The number of rotatable bonds is 9. The number of nitrogens with zero attached hydrogens (tertiary/aromatic N) is 3. The molecule has 2 N–H and O–H groups in total. The van der Waals surface area contributed by atoms with E-state index in [0.717, 1.165) is 17.9 Å². The van der Waals surface area contributed by atoms with Gasteiger partial charge in [0.15, 0.2) is 0 Å². The van der Waals surface area contributed by atoms with Crippen LogP contribution in [0, 0.1) is 0 Å². The highest BCUT2D eigenvalue weighted by Crippen LogP contribution is 2.49. The van der Waals surface area contributed by atoms with Crippen LogP contribution in [0.2, 0.25) is 0 Å². The number of nitrogens with one attached hydrogen (secondary N) is 2. The topological polar surface area (TPSA) is 43.2 Å². The highest BCUT2D eigenvalue weighted by molar-refractivity contribution is 7.95. The standard InChI is InChI=1S/C24H27N5S.C3H5F.C2H6.H2S/c1-5-17(2)23-24(29(23)30-27-28(3)4)19-13-14-25-22(15-19)26-16-20-11-8-10-18-9-6-7-12-21(18)20;1-2-3-4;1-2;/h5-15,27H,16H2,1-4H3,(H,25,26);2H,1,3H2;1-2H3;1H2/b17-5+;;;. The molecule has 0 unspecified atom stereocenters. The fourth-order valence-corrected chi connectivity index (χ4v) is 4.22. The van der Waals surface area contributed by atoms with Crippen LogP contribution in [0.3, 0.4) is 0 Å². The van der Waals surface area contributed by atoms with Gasteiger partial charge in [0.2, 0.25) is 0 Å². The Bertz CT molecular complexity index is 1190. The minimum Gasteiger partial charge on any atom is -0.366 e. The lowest BCUT2D eigenvalue weighted by Crippen LogP contribution is -2.25. The highest BCUT2D eigenvalue weighted by atomic mass is 32.2. The van der Waals surface area contributed by atoms with Gasteiger partial charge in [0.05, 0.1) is 23.5 Å². The number of halogens is 1. The number of pyridine rings is 1. The van der Waals surface area contributed by atoms with Crippen LogP contribution in [0.15, 0.2) is 90.8 Å². The molecule has 1 aliphatic rings. The highest BCUT2D eigenvalue weighted by Gasteiger charge is 2.36. The smallest absolute Gasteiger partial charge is 0.126 e. The van der Waals surface area contributed by atoms with E-state index in [2.05, 4.69) is 101 Å². The fraction of sp³-hybridized carbons (Fsp3) is 0.276. The van der Waals surface area contributed by atoms with Crippen LogP contribution in [0.4, 0.5) is 10.2 Å². The SMILES string of the molecule is C/C=C(\C)C1=C(c2ccnc(NCc3cccc4ccccc34)c2)N1SNN(C)C.C=CCF.CC.S. The molecule has 0 amide bonds. The number of alkyl halides is 1. The van der Waals surface area contributed by atoms with Crippen molar-refractivity contribution in [2.24, 2.45) is 0 Å². The van der Waals surface area contributed by atoms with E-state index >= 15 is 0 Å². The van der Waals surface area contributed by atoms with E-state index in [9.17, 15) is 4.39 Å². The van der Waals surface area contributed by atoms with Crippen molar-refractivity contribution in [3.05, 3.63) is 102 Å². The van der Waals surface area contributed by atoms with Gasteiger partial charge >= 0.3 is 0 Å². The first kappa shape index (κ1) is 32.2. The van der Waals surface area contributed by atoms with Crippen molar-refractivity contribution >= 4 is 47.9 Å². The van der Waals surface area contributed by atoms with Gasteiger partial charge in [-0.25, -0.2) is 14.4 Å². The van der Waals surface area contributed by atoms with Gasteiger partial charge in [-0.3, -0.25) is 4.31 Å². The van der Waals surface area contributed by atoms with Crippen LogP contribution < -0.4 is 10.1 Å². The number of benzene rings is 2. The molecule has 0 saturated heterocycles. The number of allylic oxidation sites excluding steroid dienone is 3. The van der Waals surface area contributed by atoms with Gasteiger partial charge in [0, 0.05) is 32.4 Å². The Morgan fingerprint density at radius 3 is 2.46 bits per heavy atom. The molecule has 8 heteroatoms. The van der Waals surface area contributed by atoms with E-state index in [1.54, 1.807) is 12.1 Å². The second-order valence-electron chi connectivity index (χ2n) is 7.90. The summed E-state index contributed by atoms with van der Waals surface area (Å²) in [4.78, 5) is 7.81. The largest absolute Gasteiger partial charge is 0.366 e. The van der Waals surface area contributed by atoms with Gasteiger partial charge in [0.25, 0.3) is 0 Å². The molecule has 1 aliphatic heterocycles. The summed E-state index contributed by atoms with van der Waals surface area (Å²) in [6, 6.07) is 19.1. The first-order chi connectivity index (χ1) is 17.5. The molecule has 0 saturated carbocycles. The molecule has 37 heavy (non-hydrogen) atoms. The van der Waals surface area contributed by atoms with Gasteiger partial charge in [-0.15, -0.1) is 6.58 Å². The lowest BCUT2D eigenvalue weighted by atomic mass is 10.0. The maximum atomic E-state index is 10.6. The number of hydrogen-bond acceptors (Lipinski definition) is 6. The Balaban J connectivity index is 0.000000894. The minimum absolute atomic E-state index is 0. The maximum Gasteiger partial charge on any atom is 0.126 e. The average Bonchev–Trinajstić information content (AvgIpc) is 3.66. The summed E-state index contributed by atoms with van der Waals surface area (Å²) in [5.41, 5.74) is 6.17. The molecular formula is C29H40FN5S2. The van der Waals surface area contributed by atoms with E-state index in [0.29, 0.717) is 0 Å². The molecule has 3 aromatic rings. The third-order valence-electron chi connectivity index (χ3n) is 5.18. The summed E-state index contributed by atoms with van der Waals surface area (Å²) in [7, 11) is 3.97. The molecule has 4 rings (SSSR count). The predicted octanol–water partition coefficient (Wildman–Crippen LogP) is 7.71. The van der Waals surface area contributed by atoms with Crippen molar-refractivity contribution in [3.8, 4) is 0 Å². The van der Waals surface area contributed by atoms with Gasteiger partial charge < -0.3 is 5.32 Å².